The summed E-state index contributed by atoms with van der Waals surface area (Å²) in [6.07, 6.45) is 3.46. The van der Waals surface area contributed by atoms with Crippen molar-refractivity contribution in [3.63, 3.8) is 0 Å². The molecule has 3 rings (SSSR count). The number of nitrogens with zero attached hydrogens (tertiary/aromatic N) is 4. The van der Waals surface area contributed by atoms with Crippen molar-refractivity contribution in [2.75, 3.05) is 38.2 Å². The van der Waals surface area contributed by atoms with Crippen LogP contribution in [0.25, 0.3) is 0 Å². The minimum atomic E-state index is -0.426. The summed E-state index contributed by atoms with van der Waals surface area (Å²) >= 11 is 0. The van der Waals surface area contributed by atoms with Crippen LogP contribution in [0.5, 0.6) is 0 Å². The number of nitrogens with one attached hydrogen (secondary N) is 1. The van der Waals surface area contributed by atoms with Gasteiger partial charge in [-0.15, -0.1) is 0 Å². The highest BCUT2D eigenvalue weighted by atomic mass is 16.5. The van der Waals surface area contributed by atoms with Gasteiger partial charge in [-0.2, -0.15) is 0 Å². The molecule has 8 nitrogen and oxygen atoms in total. The summed E-state index contributed by atoms with van der Waals surface area (Å²) in [5.74, 6) is 0.272. The summed E-state index contributed by atoms with van der Waals surface area (Å²) < 4.78 is 4.82. The maximum absolute atomic E-state index is 13.0. The number of ketones is 1. The van der Waals surface area contributed by atoms with Crippen LogP contribution in [-0.2, 0) is 4.74 Å². The van der Waals surface area contributed by atoms with E-state index in [0.717, 1.165) is 32.1 Å². The molecule has 0 unspecified atom stereocenters. The first-order valence-electron chi connectivity index (χ1n) is 9.01. The molecule has 0 aliphatic carbocycles. The van der Waals surface area contributed by atoms with Gasteiger partial charge in [0.15, 0.2) is 5.78 Å². The number of rotatable bonds is 5. The molecule has 0 aromatic carbocycles. The zero-order valence-corrected chi connectivity index (χ0v) is 16.2. The van der Waals surface area contributed by atoms with E-state index < -0.39 is 5.97 Å². The Hall–Kier alpha value is -2.74. The second-order valence-corrected chi connectivity index (χ2v) is 6.73. The van der Waals surface area contributed by atoms with Gasteiger partial charge in [0.05, 0.1) is 24.4 Å². The SMILES string of the molecule is COC(=O)c1c(C)[nH]c(C(=O)[C@@H](C)N2CCN(c3ncccn3)CC2)c1C. The van der Waals surface area contributed by atoms with Crippen LogP contribution in [0.4, 0.5) is 5.95 Å². The van der Waals surface area contributed by atoms with Crippen molar-refractivity contribution in [1.82, 2.24) is 19.9 Å². The predicted molar refractivity (Wildman–Crippen MR) is 101 cm³/mol. The first-order chi connectivity index (χ1) is 12.9. The summed E-state index contributed by atoms with van der Waals surface area (Å²) in [5.41, 5.74) is 2.22. The van der Waals surface area contributed by atoms with Gasteiger partial charge in [0.2, 0.25) is 5.95 Å². The highest BCUT2D eigenvalue weighted by Crippen LogP contribution is 2.22. The Bertz CT molecular complexity index is 825. The van der Waals surface area contributed by atoms with Crippen LogP contribution < -0.4 is 4.90 Å². The first-order valence-corrected chi connectivity index (χ1v) is 9.01. The molecule has 0 radical (unpaired) electrons. The fourth-order valence-electron chi connectivity index (χ4n) is 3.54. The number of anilines is 1. The van der Waals surface area contributed by atoms with Crippen LogP contribution in [0, 0.1) is 13.8 Å². The average molecular weight is 371 g/mol. The Labute approximate surface area is 158 Å². The zero-order chi connectivity index (χ0) is 19.6. The number of Topliss-reactive ketones (excluding diaryl/α,β-unsaturated/α-hetero) is 1. The lowest BCUT2D eigenvalue weighted by Gasteiger charge is -2.37. The largest absolute Gasteiger partial charge is 0.465 e. The van der Waals surface area contributed by atoms with Gasteiger partial charge in [0.1, 0.15) is 0 Å². The fourth-order valence-corrected chi connectivity index (χ4v) is 3.54. The molecule has 1 atom stereocenters. The molecule has 1 N–H and O–H groups in total. The summed E-state index contributed by atoms with van der Waals surface area (Å²) in [6.45, 7) is 8.47. The Kier molecular flexibility index (Phi) is 5.55. The Morgan fingerprint density at radius 1 is 1.15 bits per heavy atom. The zero-order valence-electron chi connectivity index (χ0n) is 16.2. The van der Waals surface area contributed by atoms with E-state index in [2.05, 4.69) is 24.8 Å². The van der Waals surface area contributed by atoms with Crippen LogP contribution in [0.2, 0.25) is 0 Å². The Morgan fingerprint density at radius 3 is 2.37 bits per heavy atom. The second kappa shape index (κ2) is 7.87. The number of aryl methyl sites for hydroxylation is 1. The molecule has 2 aromatic heterocycles. The van der Waals surface area contributed by atoms with Crippen molar-refractivity contribution in [1.29, 1.82) is 0 Å². The summed E-state index contributed by atoms with van der Waals surface area (Å²) in [6, 6.07) is 1.51. The monoisotopic (exact) mass is 371 g/mol. The molecule has 8 heteroatoms. The van der Waals surface area contributed by atoms with E-state index in [-0.39, 0.29) is 11.8 Å². The molecule has 1 aliphatic heterocycles. The smallest absolute Gasteiger partial charge is 0.339 e. The predicted octanol–water partition coefficient (Wildman–Crippen LogP) is 1.60. The van der Waals surface area contributed by atoms with Crippen LogP contribution in [0.1, 0.15) is 39.0 Å². The van der Waals surface area contributed by atoms with Crippen molar-refractivity contribution in [3.05, 3.63) is 41.0 Å². The highest BCUT2D eigenvalue weighted by molar-refractivity contribution is 6.03. The number of piperazine rings is 1. The lowest BCUT2D eigenvalue weighted by atomic mass is 10.0. The topological polar surface area (TPSA) is 91.4 Å². The number of aromatic nitrogens is 3. The number of hydrogen-bond acceptors (Lipinski definition) is 7. The van der Waals surface area contributed by atoms with Gasteiger partial charge in [-0.3, -0.25) is 9.69 Å². The van der Waals surface area contributed by atoms with Gasteiger partial charge in [0, 0.05) is 44.3 Å². The van der Waals surface area contributed by atoms with Gasteiger partial charge >= 0.3 is 5.97 Å². The van der Waals surface area contributed by atoms with E-state index in [0.29, 0.717) is 22.5 Å². The Morgan fingerprint density at radius 2 is 1.78 bits per heavy atom. The number of methoxy groups -OCH3 is 1. The number of H-pyrrole nitrogens is 1. The third-order valence-corrected chi connectivity index (χ3v) is 5.15. The van der Waals surface area contributed by atoms with Crippen molar-refractivity contribution in [2.45, 2.75) is 26.8 Å². The van der Waals surface area contributed by atoms with Crippen LogP contribution in [0.3, 0.4) is 0 Å². The number of ether oxygens (including phenoxy) is 1. The van der Waals surface area contributed by atoms with Gasteiger partial charge < -0.3 is 14.6 Å². The van der Waals surface area contributed by atoms with E-state index >= 15 is 0 Å². The molecule has 1 saturated heterocycles. The van der Waals surface area contributed by atoms with Gasteiger partial charge in [0.25, 0.3) is 0 Å². The third kappa shape index (κ3) is 3.71. The second-order valence-electron chi connectivity index (χ2n) is 6.73. The van der Waals surface area contributed by atoms with Crippen molar-refractivity contribution >= 4 is 17.7 Å². The van der Waals surface area contributed by atoms with Gasteiger partial charge in [-0.05, 0) is 32.4 Å². The van der Waals surface area contributed by atoms with Gasteiger partial charge in [-0.25, -0.2) is 14.8 Å². The maximum Gasteiger partial charge on any atom is 0.339 e. The molecule has 27 heavy (non-hydrogen) atoms. The molecule has 2 aromatic rings. The lowest BCUT2D eigenvalue weighted by molar-refractivity contribution is 0.0599. The van der Waals surface area contributed by atoms with E-state index in [1.54, 1.807) is 32.3 Å². The molecule has 144 valence electrons. The van der Waals surface area contributed by atoms with Gasteiger partial charge in [-0.1, -0.05) is 0 Å². The number of aromatic amines is 1. The summed E-state index contributed by atoms with van der Waals surface area (Å²) in [7, 11) is 1.34. The van der Waals surface area contributed by atoms with E-state index in [9.17, 15) is 9.59 Å². The highest BCUT2D eigenvalue weighted by Gasteiger charge is 2.30. The van der Waals surface area contributed by atoms with Crippen molar-refractivity contribution < 1.29 is 14.3 Å². The molecular formula is C19H25N5O3. The van der Waals surface area contributed by atoms with Crippen LogP contribution in [0.15, 0.2) is 18.5 Å². The maximum atomic E-state index is 13.0. The average Bonchev–Trinajstić information content (AvgIpc) is 3.01. The first kappa shape index (κ1) is 19.0. The van der Waals surface area contributed by atoms with E-state index in [4.69, 9.17) is 4.74 Å². The van der Waals surface area contributed by atoms with Crippen molar-refractivity contribution in [3.8, 4) is 0 Å². The molecule has 0 saturated carbocycles. The van der Waals surface area contributed by atoms with Crippen molar-refractivity contribution in [2.24, 2.45) is 0 Å². The number of carbonyl (C=O) groups is 2. The summed E-state index contributed by atoms with van der Waals surface area (Å²) in [5, 5.41) is 0. The lowest BCUT2D eigenvalue weighted by Crippen LogP contribution is -2.52. The molecule has 0 amide bonds. The van der Waals surface area contributed by atoms with E-state index in [1.165, 1.54) is 7.11 Å². The Balaban J connectivity index is 1.69. The number of esters is 1. The standard InChI is InChI=1S/C19H25N5O3/c1-12-15(18(26)27-4)13(2)22-16(12)17(25)14(3)23-8-10-24(11-9-23)19-20-6-5-7-21-19/h5-7,14,22H,8-11H2,1-4H3/t14-/m1/s1. The summed E-state index contributed by atoms with van der Waals surface area (Å²) in [4.78, 5) is 40.9. The normalized spacial score (nSPS) is 16.2. The van der Waals surface area contributed by atoms with Crippen LogP contribution in [-0.4, -0.2) is 70.9 Å². The van der Waals surface area contributed by atoms with Crippen LogP contribution >= 0.6 is 0 Å². The molecule has 0 spiro atoms. The molecule has 1 aliphatic rings. The number of hydrogen-bond donors (Lipinski definition) is 1. The molecular weight excluding hydrogens is 346 g/mol. The molecule has 1 fully saturated rings. The molecule has 0 bridgehead atoms. The fraction of sp³-hybridized carbons (Fsp3) is 0.474. The van der Waals surface area contributed by atoms with E-state index in [1.807, 2.05) is 6.92 Å². The minimum Gasteiger partial charge on any atom is -0.465 e. The third-order valence-electron chi connectivity index (χ3n) is 5.15. The quantitative estimate of drug-likeness (QED) is 0.630. The molecule has 3 heterocycles. The minimum absolute atomic E-state index is 0.0184. The number of carbonyl (C=O) groups excluding carboxylic acids is 2.